The first-order valence-corrected chi connectivity index (χ1v) is 6.67. The van der Waals surface area contributed by atoms with Crippen molar-refractivity contribution in [2.24, 2.45) is 5.73 Å². The zero-order valence-electron chi connectivity index (χ0n) is 11.6. The molecule has 0 spiro atoms. The Labute approximate surface area is 113 Å². The molecule has 2 rings (SSSR count). The van der Waals surface area contributed by atoms with Gasteiger partial charge in [0.1, 0.15) is 17.1 Å². The number of Topliss-reactive ketones (excluding diaryl/α,β-unsaturated/α-hetero) is 1. The summed E-state index contributed by atoms with van der Waals surface area (Å²) in [5.41, 5.74) is 6.01. The number of ether oxygens (including phenoxy) is 2. The smallest absolute Gasteiger partial charge is 0.190 e. The molecule has 1 aliphatic rings. The van der Waals surface area contributed by atoms with Crippen LogP contribution in [0.15, 0.2) is 18.2 Å². The van der Waals surface area contributed by atoms with Crippen LogP contribution in [0.1, 0.15) is 42.5 Å². The van der Waals surface area contributed by atoms with Crippen LogP contribution in [0, 0.1) is 0 Å². The molecule has 0 heterocycles. The number of carbonyl (C=O) groups is 1. The highest BCUT2D eigenvalue weighted by Gasteiger charge is 2.38. The average molecular weight is 263 g/mol. The molecule has 0 unspecified atom stereocenters. The predicted octanol–water partition coefficient (Wildman–Crippen LogP) is 2.55. The molecule has 1 saturated carbocycles. The first kappa shape index (κ1) is 13.9. The Bertz CT molecular complexity index is 442. The lowest BCUT2D eigenvalue weighted by molar-refractivity contribution is 0.0841. The van der Waals surface area contributed by atoms with E-state index in [-0.39, 0.29) is 5.78 Å². The highest BCUT2D eigenvalue weighted by Crippen LogP contribution is 2.36. The summed E-state index contributed by atoms with van der Waals surface area (Å²) in [5.74, 6) is 0.987. The maximum atomic E-state index is 12.8. The summed E-state index contributed by atoms with van der Waals surface area (Å²) in [5, 5.41) is 0. The average Bonchev–Trinajstić information content (AvgIpc) is 2.46. The maximum absolute atomic E-state index is 12.8. The molecule has 1 aromatic carbocycles. The largest absolute Gasteiger partial charge is 0.496 e. The Morgan fingerprint density at radius 3 is 2.11 bits per heavy atom. The Morgan fingerprint density at radius 1 is 1.11 bits per heavy atom. The summed E-state index contributed by atoms with van der Waals surface area (Å²) in [7, 11) is 3.10. The van der Waals surface area contributed by atoms with Crippen LogP contribution in [0.25, 0.3) is 0 Å². The third-order valence-electron chi connectivity index (χ3n) is 3.85. The van der Waals surface area contributed by atoms with Gasteiger partial charge in [-0.1, -0.05) is 25.3 Å². The Kier molecular flexibility index (Phi) is 4.10. The van der Waals surface area contributed by atoms with Gasteiger partial charge in [0, 0.05) is 0 Å². The van der Waals surface area contributed by atoms with Crippen molar-refractivity contribution in [2.75, 3.05) is 14.2 Å². The van der Waals surface area contributed by atoms with Gasteiger partial charge in [0.05, 0.1) is 19.8 Å². The molecular weight excluding hydrogens is 242 g/mol. The summed E-state index contributed by atoms with van der Waals surface area (Å²) in [6.07, 6.45) is 4.61. The van der Waals surface area contributed by atoms with Gasteiger partial charge in [-0.3, -0.25) is 4.79 Å². The van der Waals surface area contributed by atoms with Crippen molar-refractivity contribution in [3.05, 3.63) is 23.8 Å². The van der Waals surface area contributed by atoms with Gasteiger partial charge >= 0.3 is 0 Å². The van der Waals surface area contributed by atoms with Crippen LogP contribution < -0.4 is 15.2 Å². The van der Waals surface area contributed by atoms with Crippen LogP contribution >= 0.6 is 0 Å². The number of hydrogen-bond acceptors (Lipinski definition) is 4. The van der Waals surface area contributed by atoms with Crippen molar-refractivity contribution in [3.63, 3.8) is 0 Å². The van der Waals surface area contributed by atoms with Gasteiger partial charge in [-0.15, -0.1) is 0 Å². The molecule has 4 heteroatoms. The molecule has 0 saturated heterocycles. The fourth-order valence-corrected chi connectivity index (χ4v) is 2.73. The van der Waals surface area contributed by atoms with Crippen molar-refractivity contribution in [1.29, 1.82) is 0 Å². The number of carbonyl (C=O) groups excluding carboxylic acids is 1. The van der Waals surface area contributed by atoms with Crippen LogP contribution in [0.3, 0.4) is 0 Å². The normalized spacial score (nSPS) is 17.8. The van der Waals surface area contributed by atoms with Crippen molar-refractivity contribution < 1.29 is 14.3 Å². The van der Waals surface area contributed by atoms with E-state index in [9.17, 15) is 4.79 Å². The number of nitrogens with two attached hydrogens (primary N) is 1. The molecule has 1 fully saturated rings. The van der Waals surface area contributed by atoms with E-state index in [1.807, 2.05) is 0 Å². The van der Waals surface area contributed by atoms with E-state index in [4.69, 9.17) is 15.2 Å². The lowest BCUT2D eigenvalue weighted by Gasteiger charge is -2.32. The first-order chi connectivity index (χ1) is 9.12. The fraction of sp³-hybridized carbons (Fsp3) is 0.533. The third-order valence-corrected chi connectivity index (χ3v) is 3.85. The van der Waals surface area contributed by atoms with E-state index < -0.39 is 5.54 Å². The minimum Gasteiger partial charge on any atom is -0.496 e. The molecule has 0 radical (unpaired) electrons. The maximum Gasteiger partial charge on any atom is 0.190 e. The quantitative estimate of drug-likeness (QED) is 0.848. The minimum atomic E-state index is -0.778. The van der Waals surface area contributed by atoms with Gasteiger partial charge in [-0.05, 0) is 25.0 Å². The fourth-order valence-electron chi connectivity index (χ4n) is 2.73. The summed E-state index contributed by atoms with van der Waals surface area (Å²) in [4.78, 5) is 12.8. The number of benzene rings is 1. The van der Waals surface area contributed by atoms with Crippen molar-refractivity contribution in [2.45, 2.75) is 37.6 Å². The summed E-state index contributed by atoms with van der Waals surface area (Å²) >= 11 is 0. The lowest BCUT2D eigenvalue weighted by Crippen LogP contribution is -2.49. The second kappa shape index (κ2) is 5.61. The van der Waals surface area contributed by atoms with Gasteiger partial charge < -0.3 is 15.2 Å². The van der Waals surface area contributed by atoms with Gasteiger partial charge in [0.15, 0.2) is 5.78 Å². The Balaban J connectivity index is 2.42. The van der Waals surface area contributed by atoms with Crippen molar-refractivity contribution >= 4 is 5.78 Å². The molecule has 1 aromatic rings. The molecule has 0 bridgehead atoms. The van der Waals surface area contributed by atoms with E-state index in [2.05, 4.69) is 0 Å². The molecular formula is C15H21NO3. The zero-order valence-corrected chi connectivity index (χ0v) is 11.6. The summed E-state index contributed by atoms with van der Waals surface area (Å²) in [6.45, 7) is 0. The molecule has 0 aromatic heterocycles. The SMILES string of the molecule is COc1cccc(OC)c1C(=O)C1(N)CCCCC1. The Morgan fingerprint density at radius 2 is 1.63 bits per heavy atom. The molecule has 0 aliphatic heterocycles. The number of ketones is 1. The molecule has 0 amide bonds. The molecule has 4 nitrogen and oxygen atoms in total. The zero-order chi connectivity index (χ0) is 13.9. The van der Waals surface area contributed by atoms with Gasteiger partial charge in [-0.25, -0.2) is 0 Å². The number of methoxy groups -OCH3 is 2. The van der Waals surface area contributed by atoms with E-state index >= 15 is 0 Å². The number of rotatable bonds is 4. The first-order valence-electron chi connectivity index (χ1n) is 6.67. The number of hydrogen-bond donors (Lipinski definition) is 1. The summed E-state index contributed by atoms with van der Waals surface area (Å²) in [6, 6.07) is 5.34. The highest BCUT2D eigenvalue weighted by molar-refractivity contribution is 6.07. The van der Waals surface area contributed by atoms with Crippen LogP contribution in [0.4, 0.5) is 0 Å². The second-order valence-corrected chi connectivity index (χ2v) is 5.08. The van der Waals surface area contributed by atoms with Gasteiger partial charge in [-0.2, -0.15) is 0 Å². The van der Waals surface area contributed by atoms with E-state index in [0.717, 1.165) is 32.1 Å². The standard InChI is InChI=1S/C15H21NO3/c1-18-11-7-6-8-12(19-2)13(11)14(17)15(16)9-4-3-5-10-15/h6-8H,3-5,9-10,16H2,1-2H3. The minimum absolute atomic E-state index is 0.0681. The van der Waals surface area contributed by atoms with Crippen molar-refractivity contribution in [3.8, 4) is 11.5 Å². The topological polar surface area (TPSA) is 61.5 Å². The second-order valence-electron chi connectivity index (χ2n) is 5.08. The Hall–Kier alpha value is -1.55. The summed E-state index contributed by atoms with van der Waals surface area (Å²) < 4.78 is 10.6. The lowest BCUT2D eigenvalue weighted by atomic mass is 9.77. The van der Waals surface area contributed by atoms with Crippen LogP contribution in [0.5, 0.6) is 11.5 Å². The van der Waals surface area contributed by atoms with E-state index in [1.54, 1.807) is 32.4 Å². The highest BCUT2D eigenvalue weighted by atomic mass is 16.5. The molecule has 1 aliphatic carbocycles. The van der Waals surface area contributed by atoms with E-state index in [1.165, 1.54) is 0 Å². The van der Waals surface area contributed by atoms with Crippen LogP contribution in [-0.4, -0.2) is 25.5 Å². The molecule has 104 valence electrons. The predicted molar refractivity (Wildman–Crippen MR) is 73.9 cm³/mol. The molecule has 2 N–H and O–H groups in total. The molecule has 19 heavy (non-hydrogen) atoms. The van der Waals surface area contributed by atoms with Crippen molar-refractivity contribution in [1.82, 2.24) is 0 Å². The van der Waals surface area contributed by atoms with Crippen LogP contribution in [-0.2, 0) is 0 Å². The third kappa shape index (κ3) is 2.59. The van der Waals surface area contributed by atoms with E-state index in [0.29, 0.717) is 17.1 Å². The monoisotopic (exact) mass is 263 g/mol. The van der Waals surface area contributed by atoms with Gasteiger partial charge in [0.25, 0.3) is 0 Å². The van der Waals surface area contributed by atoms with Crippen LogP contribution in [0.2, 0.25) is 0 Å². The van der Waals surface area contributed by atoms with Gasteiger partial charge in [0.2, 0.25) is 0 Å². The molecule has 0 atom stereocenters.